The van der Waals surface area contributed by atoms with Gasteiger partial charge in [-0.1, -0.05) is 121 Å². The molecule has 0 saturated carbocycles. The highest BCUT2D eigenvalue weighted by atomic mass is 15.0. The summed E-state index contributed by atoms with van der Waals surface area (Å²) >= 11 is 0. The zero-order valence-corrected chi connectivity index (χ0v) is 25.9. The minimum Gasteiger partial charge on any atom is -0.354 e. The average Bonchev–Trinajstić information content (AvgIpc) is 3.69. The smallest absolute Gasteiger partial charge is 0.160 e. The molecule has 7 aromatic carbocycles. The van der Waals surface area contributed by atoms with E-state index in [0.29, 0.717) is 5.82 Å². The topological polar surface area (TPSA) is 46.5 Å². The quantitative estimate of drug-likeness (QED) is 0.215. The largest absolute Gasteiger partial charge is 0.354 e. The van der Waals surface area contributed by atoms with Crippen LogP contribution in [-0.4, -0.2) is 19.5 Å². The molecule has 0 saturated heterocycles. The highest BCUT2D eigenvalue weighted by molar-refractivity contribution is 6.24. The van der Waals surface area contributed by atoms with E-state index in [1.165, 1.54) is 43.4 Å². The lowest BCUT2D eigenvalue weighted by Crippen LogP contribution is -1.95. The fourth-order valence-corrected chi connectivity index (χ4v) is 7.27. The SMILES string of the molecule is c1ccc(-c2cc(-c3ccccc3)nc(-c3ccc4c(c3)[nH]c3cc5c6c7ccccc7ccc6n(-c6ccccc6)c5cc34)n2)cc1. The van der Waals surface area contributed by atoms with E-state index < -0.39 is 0 Å². The number of nitrogens with one attached hydrogen (secondary N) is 1. The molecule has 0 radical (unpaired) electrons. The van der Waals surface area contributed by atoms with Crippen molar-refractivity contribution < 1.29 is 0 Å². The van der Waals surface area contributed by atoms with Crippen LogP contribution in [0.1, 0.15) is 0 Å². The molecule has 224 valence electrons. The van der Waals surface area contributed by atoms with E-state index in [0.717, 1.165) is 44.8 Å². The van der Waals surface area contributed by atoms with Gasteiger partial charge in [0.15, 0.2) is 5.82 Å². The van der Waals surface area contributed by atoms with Crippen molar-refractivity contribution in [3.05, 3.63) is 164 Å². The summed E-state index contributed by atoms with van der Waals surface area (Å²) in [5.41, 5.74) is 10.6. The molecule has 1 N–H and O–H groups in total. The third kappa shape index (κ3) is 4.16. The van der Waals surface area contributed by atoms with Gasteiger partial charge in [0.2, 0.25) is 0 Å². The van der Waals surface area contributed by atoms with Gasteiger partial charge in [-0.25, -0.2) is 9.97 Å². The molecule has 0 bridgehead atoms. The molecule has 0 aliphatic carbocycles. The third-order valence-electron chi connectivity index (χ3n) is 9.51. The van der Waals surface area contributed by atoms with Crippen LogP contribution in [0.4, 0.5) is 0 Å². The Bertz CT molecular complexity index is 2760. The summed E-state index contributed by atoms with van der Waals surface area (Å²) in [5, 5.41) is 7.37. The Morgan fingerprint density at radius 3 is 1.79 bits per heavy atom. The number of hydrogen-bond acceptors (Lipinski definition) is 2. The monoisotopic (exact) mass is 612 g/mol. The molecular weight excluding hydrogens is 585 g/mol. The van der Waals surface area contributed by atoms with Crippen LogP contribution in [0.15, 0.2) is 164 Å². The molecule has 4 nitrogen and oxygen atoms in total. The zero-order valence-electron chi connectivity index (χ0n) is 25.9. The maximum absolute atomic E-state index is 5.08. The molecule has 0 aliphatic rings. The Hall–Kier alpha value is -6.52. The molecule has 0 amide bonds. The second kappa shape index (κ2) is 10.5. The normalized spacial score (nSPS) is 11.8. The van der Waals surface area contributed by atoms with Crippen molar-refractivity contribution >= 4 is 54.4 Å². The van der Waals surface area contributed by atoms with Crippen LogP contribution in [0.5, 0.6) is 0 Å². The molecule has 0 fully saturated rings. The van der Waals surface area contributed by atoms with E-state index in [4.69, 9.17) is 9.97 Å². The Balaban J connectivity index is 1.20. The number of para-hydroxylation sites is 1. The Labute approximate surface area is 276 Å². The number of H-pyrrole nitrogens is 1. The lowest BCUT2D eigenvalue weighted by molar-refractivity contribution is 1.18. The fraction of sp³-hybridized carbons (Fsp3) is 0. The van der Waals surface area contributed by atoms with E-state index in [-0.39, 0.29) is 0 Å². The predicted octanol–water partition coefficient (Wildman–Crippen LogP) is 11.4. The van der Waals surface area contributed by atoms with Gasteiger partial charge in [-0.15, -0.1) is 0 Å². The standard InChI is InChI=1S/C44H28N4/c1-4-13-29(14-5-1)37-27-38(30-15-6-2-7-16-30)47-44(46-37)31-20-22-34-35-26-42-36(25-40(35)45-39(34)24-31)43-33-19-11-10-12-28(33)21-23-41(43)48(42)32-17-8-3-9-18-32/h1-27,45H. The average molecular weight is 613 g/mol. The van der Waals surface area contributed by atoms with Gasteiger partial charge < -0.3 is 9.55 Å². The second-order valence-electron chi connectivity index (χ2n) is 12.3. The molecule has 10 aromatic rings. The molecule has 48 heavy (non-hydrogen) atoms. The minimum absolute atomic E-state index is 0.703. The zero-order chi connectivity index (χ0) is 31.6. The highest BCUT2D eigenvalue weighted by Crippen LogP contribution is 2.40. The summed E-state index contributed by atoms with van der Waals surface area (Å²) in [4.78, 5) is 13.9. The summed E-state index contributed by atoms with van der Waals surface area (Å²) in [6.45, 7) is 0. The van der Waals surface area contributed by atoms with Gasteiger partial charge in [0.1, 0.15) is 0 Å². The van der Waals surface area contributed by atoms with E-state index in [1.807, 2.05) is 36.4 Å². The van der Waals surface area contributed by atoms with E-state index in [2.05, 4.69) is 137 Å². The minimum atomic E-state index is 0.703. The van der Waals surface area contributed by atoms with Crippen LogP contribution < -0.4 is 0 Å². The lowest BCUT2D eigenvalue weighted by Gasteiger charge is -2.09. The summed E-state index contributed by atoms with van der Waals surface area (Å²) in [6.07, 6.45) is 0. The Morgan fingerprint density at radius 1 is 0.417 bits per heavy atom. The number of aromatic nitrogens is 4. The van der Waals surface area contributed by atoms with Gasteiger partial charge in [-0.2, -0.15) is 0 Å². The molecule has 0 unspecified atom stereocenters. The van der Waals surface area contributed by atoms with Crippen molar-refractivity contribution in [1.29, 1.82) is 0 Å². The van der Waals surface area contributed by atoms with E-state index >= 15 is 0 Å². The first kappa shape index (κ1) is 26.7. The van der Waals surface area contributed by atoms with Gasteiger partial charge in [0, 0.05) is 55.0 Å². The number of fused-ring (bicyclic) bond motifs is 8. The summed E-state index contributed by atoms with van der Waals surface area (Å²) in [7, 11) is 0. The molecule has 0 aliphatic heterocycles. The Kier molecular flexibility index (Phi) is 5.84. The maximum Gasteiger partial charge on any atom is 0.160 e. The van der Waals surface area contributed by atoms with Crippen LogP contribution in [0.2, 0.25) is 0 Å². The van der Waals surface area contributed by atoms with Crippen LogP contribution in [-0.2, 0) is 0 Å². The van der Waals surface area contributed by atoms with Gasteiger partial charge in [0.05, 0.1) is 22.4 Å². The van der Waals surface area contributed by atoms with Crippen molar-refractivity contribution in [2.75, 3.05) is 0 Å². The molecular formula is C44H28N4. The maximum atomic E-state index is 5.08. The van der Waals surface area contributed by atoms with Crippen LogP contribution in [0.25, 0.3) is 94.0 Å². The lowest BCUT2D eigenvalue weighted by atomic mass is 10.0. The summed E-state index contributed by atoms with van der Waals surface area (Å²) < 4.78 is 2.40. The van der Waals surface area contributed by atoms with Crippen LogP contribution >= 0.6 is 0 Å². The van der Waals surface area contributed by atoms with Crippen molar-refractivity contribution in [3.63, 3.8) is 0 Å². The molecule has 0 spiro atoms. The van der Waals surface area contributed by atoms with E-state index in [9.17, 15) is 0 Å². The first-order valence-corrected chi connectivity index (χ1v) is 16.3. The fourth-order valence-electron chi connectivity index (χ4n) is 7.27. The number of hydrogen-bond donors (Lipinski definition) is 1. The molecule has 0 atom stereocenters. The van der Waals surface area contributed by atoms with Crippen molar-refractivity contribution in [1.82, 2.24) is 19.5 Å². The van der Waals surface area contributed by atoms with Gasteiger partial charge in [-0.05, 0) is 53.2 Å². The molecule has 4 heteroatoms. The second-order valence-corrected chi connectivity index (χ2v) is 12.3. The van der Waals surface area contributed by atoms with Crippen molar-refractivity contribution in [2.45, 2.75) is 0 Å². The third-order valence-corrected chi connectivity index (χ3v) is 9.51. The summed E-state index contributed by atoms with van der Waals surface area (Å²) in [5.74, 6) is 0.703. The van der Waals surface area contributed by atoms with Gasteiger partial charge >= 0.3 is 0 Å². The van der Waals surface area contributed by atoms with Crippen molar-refractivity contribution in [2.24, 2.45) is 0 Å². The molecule has 3 aromatic heterocycles. The number of nitrogens with zero attached hydrogens (tertiary/aromatic N) is 3. The molecule has 10 rings (SSSR count). The predicted molar refractivity (Wildman–Crippen MR) is 200 cm³/mol. The number of aromatic amines is 1. The first-order valence-electron chi connectivity index (χ1n) is 16.3. The van der Waals surface area contributed by atoms with Crippen LogP contribution in [0.3, 0.4) is 0 Å². The van der Waals surface area contributed by atoms with Crippen molar-refractivity contribution in [3.8, 4) is 39.6 Å². The van der Waals surface area contributed by atoms with E-state index in [1.54, 1.807) is 0 Å². The van der Waals surface area contributed by atoms with Crippen LogP contribution in [0, 0.1) is 0 Å². The van der Waals surface area contributed by atoms with Gasteiger partial charge in [-0.3, -0.25) is 0 Å². The van der Waals surface area contributed by atoms with Gasteiger partial charge in [0.25, 0.3) is 0 Å². The summed E-state index contributed by atoms with van der Waals surface area (Å²) in [6, 6.07) is 57.8. The number of benzene rings is 7. The Morgan fingerprint density at radius 2 is 1.06 bits per heavy atom. The number of rotatable bonds is 4. The highest BCUT2D eigenvalue weighted by Gasteiger charge is 2.18. The molecule has 3 heterocycles. The first-order chi connectivity index (χ1) is 23.8.